The van der Waals surface area contributed by atoms with Gasteiger partial charge in [0.1, 0.15) is 0 Å². The highest BCUT2D eigenvalue weighted by molar-refractivity contribution is 8.07. The van der Waals surface area contributed by atoms with E-state index < -0.39 is 0 Å². The zero-order chi connectivity index (χ0) is 26.0. The minimum absolute atomic E-state index is 0.287. The number of allylic oxidation sites excluding steroid dienone is 2. The molecule has 0 bridgehead atoms. The average Bonchev–Trinajstić information content (AvgIpc) is 3.17. The molecule has 2 aromatic carbocycles. The number of rotatable bonds is 8. The van der Waals surface area contributed by atoms with Crippen LogP contribution in [-0.4, -0.2) is 29.1 Å². The number of nitrogen functional groups attached to an aromatic ring is 1. The molecule has 1 aliphatic carbocycles. The maximum Gasteiger partial charge on any atom is 0.337 e. The smallest absolute Gasteiger partial charge is 0.337 e. The highest BCUT2D eigenvalue weighted by Crippen LogP contribution is 2.58. The van der Waals surface area contributed by atoms with Crippen LogP contribution in [-0.2, 0) is 16.0 Å². The van der Waals surface area contributed by atoms with Crippen LogP contribution >= 0.6 is 23.4 Å². The third-order valence-electron chi connectivity index (χ3n) is 6.78. The van der Waals surface area contributed by atoms with Crippen molar-refractivity contribution in [2.45, 2.75) is 39.5 Å². The summed E-state index contributed by atoms with van der Waals surface area (Å²) in [7, 11) is 0. The molecule has 3 aromatic rings. The van der Waals surface area contributed by atoms with E-state index in [4.69, 9.17) is 32.0 Å². The summed E-state index contributed by atoms with van der Waals surface area (Å²) in [6.45, 7) is 4.86. The number of fused-ring (bicyclic) bond motifs is 2. The first-order valence-corrected chi connectivity index (χ1v) is 13.7. The Morgan fingerprint density at radius 3 is 2.70 bits per heavy atom. The fourth-order valence-corrected chi connectivity index (χ4v) is 6.50. The summed E-state index contributed by atoms with van der Waals surface area (Å²) >= 11 is 7.95. The molecule has 5 rings (SSSR count). The van der Waals surface area contributed by atoms with Crippen LogP contribution in [0.4, 0.5) is 17.3 Å². The lowest BCUT2D eigenvalue weighted by Crippen LogP contribution is -2.27. The van der Waals surface area contributed by atoms with Crippen molar-refractivity contribution in [1.82, 2.24) is 9.97 Å². The normalized spacial score (nSPS) is 18.9. The summed E-state index contributed by atoms with van der Waals surface area (Å²) in [5.41, 5.74) is 9.42. The van der Waals surface area contributed by atoms with Crippen LogP contribution < -0.4 is 16.4 Å². The number of para-hydroxylation sites is 2. The topological polar surface area (TPSA) is 102 Å². The fourth-order valence-electron chi connectivity index (χ4n) is 4.88. The van der Waals surface area contributed by atoms with Gasteiger partial charge >= 0.3 is 5.97 Å². The molecule has 7 nitrogen and oxygen atoms in total. The van der Waals surface area contributed by atoms with Gasteiger partial charge in [-0.3, -0.25) is 0 Å². The van der Waals surface area contributed by atoms with Crippen molar-refractivity contribution in [3.8, 4) is 0 Å². The molecule has 9 heteroatoms. The number of thioether (sulfide) groups is 1. The van der Waals surface area contributed by atoms with Gasteiger partial charge in [0.2, 0.25) is 0 Å². The second-order valence-corrected chi connectivity index (χ2v) is 10.8. The van der Waals surface area contributed by atoms with Gasteiger partial charge in [-0.1, -0.05) is 48.5 Å². The average molecular weight is 536 g/mol. The third-order valence-corrected chi connectivity index (χ3v) is 8.50. The quantitative estimate of drug-likeness (QED) is 0.221. The first-order chi connectivity index (χ1) is 17.9. The molecule has 0 saturated carbocycles. The van der Waals surface area contributed by atoms with E-state index in [1.165, 1.54) is 4.91 Å². The number of halogens is 1. The first-order valence-electron chi connectivity index (χ1n) is 12.5. The van der Waals surface area contributed by atoms with E-state index >= 15 is 0 Å². The van der Waals surface area contributed by atoms with Crippen LogP contribution in [0.15, 0.2) is 64.0 Å². The van der Waals surface area contributed by atoms with Crippen molar-refractivity contribution in [2.24, 2.45) is 5.41 Å². The number of benzene rings is 2. The molecule has 0 radical (unpaired) electrons. The van der Waals surface area contributed by atoms with Crippen LogP contribution in [0.1, 0.15) is 38.7 Å². The summed E-state index contributed by atoms with van der Waals surface area (Å²) in [6.07, 6.45) is 5.85. The number of hydrogen-bond acceptors (Lipinski definition) is 8. The Balaban J connectivity index is 1.49. The number of carbonyl (C=O) groups excluding carboxylic acids is 1. The number of carbonyl (C=O) groups is 1. The van der Waals surface area contributed by atoms with Crippen molar-refractivity contribution in [1.29, 1.82) is 0 Å². The lowest BCUT2D eigenvalue weighted by molar-refractivity contribution is -0.139. The van der Waals surface area contributed by atoms with Gasteiger partial charge in [-0.25, -0.2) is 14.8 Å². The Bertz CT molecular complexity index is 1420. The van der Waals surface area contributed by atoms with Crippen molar-refractivity contribution < 1.29 is 9.53 Å². The van der Waals surface area contributed by atoms with Crippen molar-refractivity contribution in [3.63, 3.8) is 0 Å². The maximum absolute atomic E-state index is 13.2. The summed E-state index contributed by atoms with van der Waals surface area (Å²) in [4.78, 5) is 24.1. The molecular weight excluding hydrogens is 506 g/mol. The van der Waals surface area contributed by atoms with Crippen LogP contribution in [0.5, 0.6) is 0 Å². The number of aromatic nitrogens is 2. The zero-order valence-electron chi connectivity index (χ0n) is 20.9. The van der Waals surface area contributed by atoms with E-state index in [-0.39, 0.29) is 11.4 Å². The largest absolute Gasteiger partial charge is 0.463 e. The van der Waals surface area contributed by atoms with Gasteiger partial charge in [0.15, 0.2) is 11.6 Å². The Hall–Kier alpha value is -3.23. The van der Waals surface area contributed by atoms with Gasteiger partial charge in [0, 0.05) is 22.7 Å². The SMILES string of the molecule is CCOC(=O)C1=C(Nc2nc3ccccc3nc2NCCc2cc(N)ccc2Cl)SC2=CCCCC21C. The maximum atomic E-state index is 13.2. The lowest BCUT2D eigenvalue weighted by Gasteiger charge is -2.30. The van der Waals surface area contributed by atoms with Gasteiger partial charge in [-0.15, -0.1) is 0 Å². The van der Waals surface area contributed by atoms with Crippen LogP contribution in [0, 0.1) is 5.41 Å². The van der Waals surface area contributed by atoms with E-state index in [0.717, 1.165) is 40.9 Å². The molecule has 1 aromatic heterocycles. The van der Waals surface area contributed by atoms with Crippen LogP contribution in [0.25, 0.3) is 11.0 Å². The Morgan fingerprint density at radius 1 is 1.19 bits per heavy atom. The van der Waals surface area contributed by atoms with E-state index in [0.29, 0.717) is 47.5 Å². The molecule has 1 unspecified atom stereocenters. The minimum Gasteiger partial charge on any atom is -0.463 e. The number of ether oxygens (including phenoxy) is 1. The summed E-state index contributed by atoms with van der Waals surface area (Å²) in [5, 5.41) is 8.30. The highest BCUT2D eigenvalue weighted by Gasteiger charge is 2.47. The fraction of sp³-hybridized carbons (Fsp3) is 0.321. The predicted octanol–water partition coefficient (Wildman–Crippen LogP) is 6.53. The van der Waals surface area contributed by atoms with Gasteiger partial charge in [0.25, 0.3) is 0 Å². The monoisotopic (exact) mass is 535 g/mol. The van der Waals surface area contributed by atoms with Crippen molar-refractivity contribution in [3.05, 3.63) is 74.6 Å². The van der Waals surface area contributed by atoms with E-state index in [2.05, 4.69) is 23.6 Å². The molecule has 1 atom stereocenters. The van der Waals surface area contributed by atoms with Crippen LogP contribution in [0.3, 0.4) is 0 Å². The van der Waals surface area contributed by atoms with E-state index in [1.807, 2.05) is 43.3 Å². The molecular formula is C28H30ClN5O2S. The highest BCUT2D eigenvalue weighted by atomic mass is 35.5. The molecule has 4 N–H and O–H groups in total. The number of nitrogens with two attached hydrogens (primary N) is 1. The number of hydrogen-bond donors (Lipinski definition) is 3. The summed E-state index contributed by atoms with van der Waals surface area (Å²) in [5.74, 6) is 0.874. The van der Waals surface area contributed by atoms with Crippen molar-refractivity contribution in [2.75, 3.05) is 29.5 Å². The van der Waals surface area contributed by atoms with Gasteiger partial charge < -0.3 is 21.1 Å². The Kier molecular flexibility index (Phi) is 7.31. The molecule has 192 valence electrons. The van der Waals surface area contributed by atoms with E-state index in [9.17, 15) is 4.79 Å². The summed E-state index contributed by atoms with van der Waals surface area (Å²) < 4.78 is 5.49. The number of nitrogens with one attached hydrogen (secondary N) is 2. The van der Waals surface area contributed by atoms with Gasteiger partial charge in [0.05, 0.1) is 28.2 Å². The van der Waals surface area contributed by atoms with Crippen LogP contribution in [0.2, 0.25) is 5.02 Å². The first kappa shape index (κ1) is 25.4. The van der Waals surface area contributed by atoms with Gasteiger partial charge in [-0.05, 0) is 73.4 Å². The standard InChI is InChI=1S/C28H30ClN5O2S/c1-3-36-27(35)23-26(37-22-10-6-7-14-28(22,23)2)34-25-24(32-20-8-4-5-9-21(20)33-25)31-15-13-17-16-18(30)11-12-19(17)29/h4-5,8-12,16H,3,6-7,13-15,30H2,1-2H3,(H,31,32)(H,33,34). The molecule has 0 fully saturated rings. The summed E-state index contributed by atoms with van der Waals surface area (Å²) in [6, 6.07) is 13.2. The molecule has 2 aliphatic rings. The molecule has 0 spiro atoms. The van der Waals surface area contributed by atoms with E-state index in [1.54, 1.807) is 17.8 Å². The predicted molar refractivity (Wildman–Crippen MR) is 153 cm³/mol. The second kappa shape index (κ2) is 10.6. The molecule has 0 saturated heterocycles. The Morgan fingerprint density at radius 2 is 1.95 bits per heavy atom. The third kappa shape index (κ3) is 5.13. The molecule has 37 heavy (non-hydrogen) atoms. The second-order valence-electron chi connectivity index (χ2n) is 9.38. The minimum atomic E-state index is -0.362. The molecule has 1 aliphatic heterocycles. The number of nitrogens with zero attached hydrogens (tertiary/aromatic N) is 2. The Labute approximate surface area is 225 Å². The van der Waals surface area contributed by atoms with Gasteiger partial charge in [-0.2, -0.15) is 0 Å². The van der Waals surface area contributed by atoms with Crippen molar-refractivity contribution >= 4 is 57.7 Å². The molecule has 2 heterocycles. The zero-order valence-corrected chi connectivity index (χ0v) is 22.5. The molecule has 0 amide bonds. The lowest BCUT2D eigenvalue weighted by atomic mass is 9.75. The number of esters is 1. The number of anilines is 3.